The molecule has 1 saturated heterocycles. The van der Waals surface area contributed by atoms with E-state index in [-0.39, 0.29) is 17.7 Å². The van der Waals surface area contributed by atoms with Gasteiger partial charge in [0.2, 0.25) is 5.91 Å². The molecule has 0 atom stereocenters. The third-order valence-electron chi connectivity index (χ3n) is 4.55. The molecular weight excluding hydrogens is 351 g/mol. The zero-order valence-electron chi connectivity index (χ0n) is 15.2. The number of piperidine rings is 1. The maximum absolute atomic E-state index is 13.5. The highest BCUT2D eigenvalue weighted by atomic mass is 19.1. The lowest BCUT2D eigenvalue weighted by molar-refractivity contribution is -0.121. The third-order valence-corrected chi connectivity index (χ3v) is 4.55. The number of rotatable bonds is 6. The average molecular weight is 374 g/mol. The Morgan fingerprint density at radius 3 is 2.74 bits per heavy atom. The number of hydrogen-bond acceptors (Lipinski definition) is 4. The van der Waals surface area contributed by atoms with Crippen molar-refractivity contribution in [3.63, 3.8) is 0 Å². The summed E-state index contributed by atoms with van der Waals surface area (Å²) >= 11 is 0. The Balaban J connectivity index is 1.58. The highest BCUT2D eigenvalue weighted by Gasteiger charge is 2.29. The molecule has 1 fully saturated rings. The fourth-order valence-electron chi connectivity index (χ4n) is 3.07. The van der Waals surface area contributed by atoms with Crippen LogP contribution in [0.4, 0.5) is 10.1 Å². The Morgan fingerprint density at radius 1 is 1.30 bits per heavy atom. The Morgan fingerprint density at radius 2 is 2.07 bits per heavy atom. The van der Waals surface area contributed by atoms with E-state index in [1.807, 2.05) is 6.92 Å². The molecule has 144 valence electrons. The predicted octanol–water partition coefficient (Wildman–Crippen LogP) is 3.70. The summed E-state index contributed by atoms with van der Waals surface area (Å²) in [5.74, 6) is -0.295. The Bertz CT molecular complexity index is 783. The largest absolute Gasteiger partial charge is 0.491 e. The van der Waals surface area contributed by atoms with E-state index in [1.165, 1.54) is 24.5 Å². The van der Waals surface area contributed by atoms with Crippen molar-refractivity contribution in [2.45, 2.75) is 26.2 Å². The van der Waals surface area contributed by atoms with Crippen LogP contribution in [0.5, 0.6) is 5.75 Å². The van der Waals surface area contributed by atoms with Crippen LogP contribution in [0.1, 0.15) is 36.7 Å². The average Bonchev–Trinajstić information content (AvgIpc) is 3.22. The van der Waals surface area contributed by atoms with Crippen LogP contribution in [0, 0.1) is 11.7 Å². The molecule has 1 aromatic heterocycles. The van der Waals surface area contributed by atoms with Crippen molar-refractivity contribution in [1.82, 2.24) is 4.90 Å². The van der Waals surface area contributed by atoms with Crippen LogP contribution in [0.3, 0.4) is 0 Å². The summed E-state index contributed by atoms with van der Waals surface area (Å²) in [6.07, 6.45) is 3.37. The summed E-state index contributed by atoms with van der Waals surface area (Å²) in [6, 6.07) is 7.38. The molecule has 3 rings (SSSR count). The van der Waals surface area contributed by atoms with Gasteiger partial charge in [0.25, 0.3) is 5.91 Å². The van der Waals surface area contributed by atoms with Crippen LogP contribution >= 0.6 is 0 Å². The van der Waals surface area contributed by atoms with Gasteiger partial charge in [-0.25, -0.2) is 4.39 Å². The molecule has 2 heterocycles. The molecule has 1 aromatic carbocycles. The number of carbonyl (C=O) groups excluding carboxylic acids is 2. The third kappa shape index (κ3) is 4.67. The number of ether oxygens (including phenoxy) is 1. The van der Waals surface area contributed by atoms with Crippen LogP contribution in [0.25, 0.3) is 0 Å². The van der Waals surface area contributed by atoms with Gasteiger partial charge >= 0.3 is 0 Å². The van der Waals surface area contributed by atoms with Crippen LogP contribution in [0.2, 0.25) is 0 Å². The monoisotopic (exact) mass is 374 g/mol. The number of carbonyl (C=O) groups is 2. The van der Waals surface area contributed by atoms with Crippen molar-refractivity contribution in [3.05, 3.63) is 48.2 Å². The van der Waals surface area contributed by atoms with Crippen LogP contribution in [-0.2, 0) is 4.79 Å². The number of nitrogens with one attached hydrogen (secondary N) is 1. The number of anilines is 1. The fourth-order valence-corrected chi connectivity index (χ4v) is 3.07. The van der Waals surface area contributed by atoms with Gasteiger partial charge in [-0.2, -0.15) is 0 Å². The number of amides is 2. The lowest BCUT2D eigenvalue weighted by Crippen LogP contribution is -2.41. The lowest BCUT2D eigenvalue weighted by Gasteiger charge is -2.30. The first-order chi connectivity index (χ1) is 13.1. The van der Waals surface area contributed by atoms with Crippen molar-refractivity contribution >= 4 is 17.5 Å². The van der Waals surface area contributed by atoms with E-state index in [0.717, 1.165) is 6.42 Å². The van der Waals surface area contributed by atoms with Crippen molar-refractivity contribution in [2.24, 2.45) is 5.92 Å². The summed E-state index contributed by atoms with van der Waals surface area (Å²) in [6.45, 7) is 3.37. The zero-order chi connectivity index (χ0) is 19.2. The topological polar surface area (TPSA) is 71.8 Å². The minimum absolute atomic E-state index is 0.145. The molecule has 1 aliphatic heterocycles. The van der Waals surface area contributed by atoms with Gasteiger partial charge in [0.1, 0.15) is 11.6 Å². The standard InChI is InChI=1S/C20H23FN2O4/c1-2-11-26-18-13-15(21)5-6-16(18)22-19(24)14-7-9-23(10-8-14)20(25)17-4-3-12-27-17/h3-6,12-14H,2,7-11H2,1H3,(H,22,24). The number of nitrogens with zero attached hydrogens (tertiary/aromatic N) is 1. The molecule has 0 bridgehead atoms. The second kappa shape index (κ2) is 8.70. The molecule has 1 aliphatic rings. The highest BCUT2D eigenvalue weighted by molar-refractivity contribution is 5.95. The second-order valence-corrected chi connectivity index (χ2v) is 6.52. The van der Waals surface area contributed by atoms with Crippen molar-refractivity contribution in [1.29, 1.82) is 0 Å². The summed E-state index contributed by atoms with van der Waals surface area (Å²) in [5.41, 5.74) is 0.462. The molecule has 0 spiro atoms. The Hall–Kier alpha value is -2.83. The van der Waals surface area contributed by atoms with E-state index >= 15 is 0 Å². The zero-order valence-corrected chi connectivity index (χ0v) is 15.2. The van der Waals surface area contributed by atoms with Crippen molar-refractivity contribution in [2.75, 3.05) is 25.0 Å². The Kier molecular flexibility index (Phi) is 6.11. The van der Waals surface area contributed by atoms with Gasteiger partial charge in [-0.3, -0.25) is 9.59 Å². The minimum Gasteiger partial charge on any atom is -0.491 e. The lowest BCUT2D eigenvalue weighted by atomic mass is 9.95. The van der Waals surface area contributed by atoms with Gasteiger partial charge in [0.15, 0.2) is 5.76 Å². The molecule has 0 radical (unpaired) electrons. The smallest absolute Gasteiger partial charge is 0.289 e. The fraction of sp³-hybridized carbons (Fsp3) is 0.400. The maximum Gasteiger partial charge on any atom is 0.289 e. The number of likely N-dealkylation sites (tertiary alicyclic amines) is 1. The van der Waals surface area contributed by atoms with Gasteiger partial charge in [0, 0.05) is 25.1 Å². The highest BCUT2D eigenvalue weighted by Crippen LogP contribution is 2.28. The minimum atomic E-state index is -0.413. The molecular formula is C20H23FN2O4. The van der Waals surface area contributed by atoms with E-state index in [0.29, 0.717) is 49.7 Å². The van der Waals surface area contributed by atoms with Crippen molar-refractivity contribution in [3.8, 4) is 5.75 Å². The maximum atomic E-state index is 13.5. The van der Waals surface area contributed by atoms with Gasteiger partial charge in [-0.1, -0.05) is 6.92 Å². The number of halogens is 1. The van der Waals surface area contributed by atoms with Crippen LogP contribution in [0.15, 0.2) is 41.0 Å². The first kappa shape index (κ1) is 18.9. The predicted molar refractivity (Wildman–Crippen MR) is 98.2 cm³/mol. The molecule has 6 nitrogen and oxygen atoms in total. The van der Waals surface area contributed by atoms with E-state index in [9.17, 15) is 14.0 Å². The van der Waals surface area contributed by atoms with Crippen LogP contribution in [-0.4, -0.2) is 36.4 Å². The molecule has 2 amide bonds. The van der Waals surface area contributed by atoms with Crippen LogP contribution < -0.4 is 10.1 Å². The van der Waals surface area contributed by atoms with Gasteiger partial charge < -0.3 is 19.4 Å². The molecule has 0 saturated carbocycles. The van der Waals surface area contributed by atoms with E-state index in [4.69, 9.17) is 9.15 Å². The summed E-state index contributed by atoms with van der Waals surface area (Å²) in [7, 11) is 0. The second-order valence-electron chi connectivity index (χ2n) is 6.52. The number of benzene rings is 1. The molecule has 0 aliphatic carbocycles. The SMILES string of the molecule is CCCOc1cc(F)ccc1NC(=O)C1CCN(C(=O)c2ccco2)CC1. The van der Waals surface area contributed by atoms with E-state index < -0.39 is 5.82 Å². The first-order valence-corrected chi connectivity index (χ1v) is 9.14. The van der Waals surface area contributed by atoms with E-state index in [2.05, 4.69) is 5.32 Å². The number of furan rings is 1. The summed E-state index contributed by atoms with van der Waals surface area (Å²) in [5, 5.41) is 2.84. The molecule has 0 unspecified atom stereocenters. The van der Waals surface area contributed by atoms with Gasteiger partial charge in [-0.05, 0) is 43.5 Å². The normalized spacial score (nSPS) is 14.8. The Labute approximate surface area is 157 Å². The first-order valence-electron chi connectivity index (χ1n) is 9.14. The van der Waals surface area contributed by atoms with Crippen molar-refractivity contribution < 1.29 is 23.1 Å². The summed E-state index contributed by atoms with van der Waals surface area (Å²) in [4.78, 5) is 26.6. The molecule has 2 aromatic rings. The summed E-state index contributed by atoms with van der Waals surface area (Å²) < 4.78 is 24.1. The molecule has 1 N–H and O–H groups in total. The van der Waals surface area contributed by atoms with Gasteiger partial charge in [-0.15, -0.1) is 0 Å². The van der Waals surface area contributed by atoms with E-state index in [1.54, 1.807) is 17.0 Å². The number of hydrogen-bond donors (Lipinski definition) is 1. The molecule has 27 heavy (non-hydrogen) atoms. The van der Waals surface area contributed by atoms with Gasteiger partial charge in [0.05, 0.1) is 18.6 Å². The quantitative estimate of drug-likeness (QED) is 0.837. The molecule has 7 heteroatoms.